The van der Waals surface area contributed by atoms with Crippen molar-refractivity contribution in [1.29, 1.82) is 0 Å². The van der Waals surface area contributed by atoms with Crippen LogP contribution >= 0.6 is 0 Å². The van der Waals surface area contributed by atoms with Gasteiger partial charge in [0, 0.05) is 30.1 Å². The molecule has 4 rings (SSSR count). The summed E-state index contributed by atoms with van der Waals surface area (Å²) < 4.78 is 35.2. The number of hydrogen-bond acceptors (Lipinski definition) is 7. The third-order valence-corrected chi connectivity index (χ3v) is 4.52. The van der Waals surface area contributed by atoms with Crippen molar-refractivity contribution in [3.8, 4) is 17.0 Å². The average molecular weight is 412 g/mol. The second-order valence-electron chi connectivity index (χ2n) is 6.31. The lowest BCUT2D eigenvalue weighted by molar-refractivity contribution is -0.390. The van der Waals surface area contributed by atoms with E-state index in [1.165, 1.54) is 19.5 Å². The van der Waals surface area contributed by atoms with Crippen molar-refractivity contribution in [1.82, 2.24) is 19.7 Å². The Labute approximate surface area is 168 Å². The number of rotatable bonds is 5. The van der Waals surface area contributed by atoms with Crippen LogP contribution in [0.5, 0.6) is 5.75 Å². The normalized spacial score (nSPS) is 10.9. The van der Waals surface area contributed by atoms with Gasteiger partial charge in [0.1, 0.15) is 23.6 Å². The van der Waals surface area contributed by atoms with Gasteiger partial charge in [-0.15, -0.1) is 0 Å². The van der Waals surface area contributed by atoms with Crippen LogP contribution in [0.4, 0.5) is 26.0 Å². The van der Waals surface area contributed by atoms with Gasteiger partial charge in [-0.05, 0) is 12.1 Å². The minimum Gasteiger partial charge on any atom is -0.494 e. The Morgan fingerprint density at radius 3 is 2.73 bits per heavy atom. The molecule has 1 N–H and O–H groups in total. The lowest BCUT2D eigenvalue weighted by atomic mass is 10.1. The van der Waals surface area contributed by atoms with E-state index in [-0.39, 0.29) is 11.6 Å². The van der Waals surface area contributed by atoms with Crippen molar-refractivity contribution in [3.63, 3.8) is 0 Å². The Hall–Kier alpha value is -4.15. The van der Waals surface area contributed by atoms with E-state index in [1.807, 2.05) is 25.2 Å². The lowest BCUT2D eigenvalue weighted by Gasteiger charge is -2.12. The van der Waals surface area contributed by atoms with Gasteiger partial charge < -0.3 is 10.1 Å². The van der Waals surface area contributed by atoms with E-state index in [2.05, 4.69) is 20.4 Å². The summed E-state index contributed by atoms with van der Waals surface area (Å²) in [4.78, 5) is 18.1. The maximum absolute atomic E-state index is 14.6. The number of methoxy groups -OCH3 is 1. The first-order chi connectivity index (χ1) is 14.4. The third-order valence-electron chi connectivity index (χ3n) is 4.52. The molecule has 0 bridgehead atoms. The van der Waals surface area contributed by atoms with Crippen molar-refractivity contribution in [2.45, 2.75) is 0 Å². The highest BCUT2D eigenvalue weighted by molar-refractivity contribution is 5.84. The Morgan fingerprint density at radius 1 is 1.20 bits per heavy atom. The smallest absolute Gasteiger partial charge is 0.342 e. The first-order valence-electron chi connectivity index (χ1n) is 8.60. The summed E-state index contributed by atoms with van der Waals surface area (Å²) in [5.74, 6) is -2.83. The van der Waals surface area contributed by atoms with Gasteiger partial charge in [0.2, 0.25) is 11.6 Å². The van der Waals surface area contributed by atoms with E-state index >= 15 is 0 Å². The predicted octanol–water partition coefficient (Wildman–Crippen LogP) is 3.97. The first-order valence-corrected chi connectivity index (χ1v) is 8.60. The fourth-order valence-corrected chi connectivity index (χ4v) is 3.07. The maximum atomic E-state index is 14.6. The van der Waals surface area contributed by atoms with Crippen LogP contribution in [-0.2, 0) is 7.05 Å². The molecule has 0 spiro atoms. The summed E-state index contributed by atoms with van der Waals surface area (Å²) in [6, 6.07) is 7.89. The van der Waals surface area contributed by atoms with Crippen LogP contribution in [0.25, 0.3) is 22.2 Å². The molecule has 2 aromatic carbocycles. The topological polar surface area (TPSA) is 108 Å². The van der Waals surface area contributed by atoms with Gasteiger partial charge in [0.15, 0.2) is 0 Å². The summed E-state index contributed by atoms with van der Waals surface area (Å²) in [7, 11) is 3.03. The molecule has 0 aliphatic rings. The zero-order valence-corrected chi connectivity index (χ0v) is 15.8. The van der Waals surface area contributed by atoms with Gasteiger partial charge in [-0.1, -0.05) is 6.07 Å². The van der Waals surface area contributed by atoms with Crippen LogP contribution in [0.2, 0.25) is 0 Å². The molecule has 30 heavy (non-hydrogen) atoms. The number of aromatic nitrogens is 4. The second-order valence-corrected chi connectivity index (χ2v) is 6.31. The molecule has 0 radical (unpaired) electrons. The van der Waals surface area contributed by atoms with E-state index in [9.17, 15) is 18.9 Å². The number of nitro benzene ring substituents is 1. The van der Waals surface area contributed by atoms with E-state index in [1.54, 1.807) is 10.9 Å². The second kappa shape index (κ2) is 7.35. The molecule has 9 nitrogen and oxygen atoms in total. The molecule has 0 fully saturated rings. The Balaban J connectivity index is 1.74. The molecule has 0 aliphatic heterocycles. The Kier molecular flexibility index (Phi) is 4.70. The highest BCUT2D eigenvalue weighted by atomic mass is 19.1. The molecule has 0 aliphatic carbocycles. The molecule has 2 aromatic heterocycles. The number of nitrogens with one attached hydrogen (secondary N) is 1. The standard InChI is InChI=1S/C19H14F2N6O3/c1-26-14-4-3-10(5-11(14)8-24-26)13-7-16(23-9-22-13)25-18-15(30-2)6-12(20)19(17(18)21)27(28)29/h3-9H,1-2H3,(H,22,23,25). The summed E-state index contributed by atoms with van der Waals surface area (Å²) >= 11 is 0. The van der Waals surface area contributed by atoms with E-state index in [0.717, 1.165) is 22.5 Å². The van der Waals surface area contributed by atoms with Gasteiger partial charge in [0.05, 0.1) is 29.4 Å². The van der Waals surface area contributed by atoms with Crippen LogP contribution in [0.3, 0.4) is 0 Å². The van der Waals surface area contributed by atoms with Gasteiger partial charge in [-0.2, -0.15) is 13.9 Å². The summed E-state index contributed by atoms with van der Waals surface area (Å²) in [6.45, 7) is 0. The number of anilines is 2. The molecule has 2 heterocycles. The fourth-order valence-electron chi connectivity index (χ4n) is 3.07. The fraction of sp³-hybridized carbons (Fsp3) is 0.105. The number of aryl methyl sites for hydroxylation is 1. The quantitative estimate of drug-likeness (QED) is 0.390. The molecule has 0 amide bonds. The number of benzene rings is 2. The molecule has 0 saturated carbocycles. The molecular weight excluding hydrogens is 398 g/mol. The average Bonchev–Trinajstić information content (AvgIpc) is 3.10. The molecule has 11 heteroatoms. The third kappa shape index (κ3) is 3.26. The molecule has 0 unspecified atom stereocenters. The lowest BCUT2D eigenvalue weighted by Crippen LogP contribution is -2.05. The van der Waals surface area contributed by atoms with Crippen LogP contribution < -0.4 is 10.1 Å². The summed E-state index contributed by atoms with van der Waals surface area (Å²) in [5, 5.41) is 18.7. The molecule has 4 aromatic rings. The van der Waals surface area contributed by atoms with Gasteiger partial charge >= 0.3 is 5.69 Å². The van der Waals surface area contributed by atoms with E-state index in [0.29, 0.717) is 5.69 Å². The largest absolute Gasteiger partial charge is 0.494 e. The Bertz CT molecular complexity index is 1290. The van der Waals surface area contributed by atoms with Crippen molar-refractivity contribution in [3.05, 3.63) is 64.6 Å². The predicted molar refractivity (Wildman–Crippen MR) is 105 cm³/mol. The number of ether oxygens (including phenoxy) is 1. The number of nitro groups is 1. The minimum absolute atomic E-state index is 0.143. The summed E-state index contributed by atoms with van der Waals surface area (Å²) in [5.41, 5.74) is 0.539. The van der Waals surface area contributed by atoms with Crippen molar-refractivity contribution in [2.24, 2.45) is 7.05 Å². The Morgan fingerprint density at radius 2 is 2.00 bits per heavy atom. The SMILES string of the molecule is COc1cc(F)c([N+](=O)[O-])c(F)c1Nc1cc(-c2ccc3c(cnn3C)c2)ncn1. The highest BCUT2D eigenvalue weighted by Crippen LogP contribution is 2.37. The minimum atomic E-state index is -1.39. The van der Waals surface area contributed by atoms with Crippen LogP contribution in [-0.4, -0.2) is 31.8 Å². The highest BCUT2D eigenvalue weighted by Gasteiger charge is 2.28. The van der Waals surface area contributed by atoms with Gasteiger partial charge in [-0.25, -0.2) is 9.97 Å². The first kappa shape index (κ1) is 19.2. The van der Waals surface area contributed by atoms with Gasteiger partial charge in [0.25, 0.3) is 0 Å². The van der Waals surface area contributed by atoms with E-state index in [4.69, 9.17) is 4.74 Å². The molecule has 152 valence electrons. The number of hydrogen-bond donors (Lipinski definition) is 1. The van der Waals surface area contributed by atoms with Crippen LogP contribution in [0.15, 0.2) is 42.9 Å². The van der Waals surface area contributed by atoms with Crippen LogP contribution in [0.1, 0.15) is 0 Å². The molecular formula is C19H14F2N6O3. The van der Waals surface area contributed by atoms with Crippen molar-refractivity contribution < 1.29 is 18.4 Å². The van der Waals surface area contributed by atoms with Crippen LogP contribution in [0, 0.1) is 21.7 Å². The number of halogens is 2. The molecule has 0 saturated heterocycles. The zero-order valence-electron chi connectivity index (χ0n) is 15.8. The zero-order chi connectivity index (χ0) is 21.4. The monoisotopic (exact) mass is 412 g/mol. The molecule has 0 atom stereocenters. The van der Waals surface area contributed by atoms with Gasteiger partial charge in [-0.3, -0.25) is 14.8 Å². The van der Waals surface area contributed by atoms with Crippen molar-refractivity contribution >= 4 is 28.1 Å². The maximum Gasteiger partial charge on any atom is 0.342 e. The van der Waals surface area contributed by atoms with Crippen molar-refractivity contribution in [2.75, 3.05) is 12.4 Å². The number of fused-ring (bicyclic) bond motifs is 1. The summed E-state index contributed by atoms with van der Waals surface area (Å²) in [6.07, 6.45) is 2.98. The number of nitrogens with zero attached hydrogens (tertiary/aromatic N) is 5. The van der Waals surface area contributed by atoms with E-state index < -0.39 is 27.9 Å².